The zero-order chi connectivity index (χ0) is 10.8. The van der Waals surface area contributed by atoms with Crippen molar-refractivity contribution in [3.63, 3.8) is 0 Å². The molecule has 0 aliphatic carbocycles. The first kappa shape index (κ1) is 11.0. The summed E-state index contributed by atoms with van der Waals surface area (Å²) in [5.74, 6) is 0.897. The molecule has 0 atom stereocenters. The highest BCUT2D eigenvalue weighted by atomic mass is 79.9. The fourth-order valence-electron chi connectivity index (χ4n) is 1.27. The lowest BCUT2D eigenvalue weighted by Crippen LogP contribution is -1.92. The van der Waals surface area contributed by atoms with Crippen LogP contribution in [0.1, 0.15) is 11.4 Å². The Labute approximate surface area is 106 Å². The number of H-pyrrole nitrogens is 1. The van der Waals surface area contributed by atoms with Crippen LogP contribution < -0.4 is 0 Å². The Balaban J connectivity index is 2.33. The van der Waals surface area contributed by atoms with Crippen molar-refractivity contribution in [3.05, 3.63) is 50.4 Å². The van der Waals surface area contributed by atoms with Crippen molar-refractivity contribution in [2.24, 2.45) is 0 Å². The molecule has 0 bridgehead atoms. The maximum Gasteiger partial charge on any atom is 0.110 e. The van der Waals surface area contributed by atoms with E-state index in [4.69, 9.17) is 23.2 Å². The lowest BCUT2D eigenvalue weighted by Gasteiger charge is -2.04. The number of rotatable bonds is 2. The average molecular weight is 306 g/mol. The van der Waals surface area contributed by atoms with Crippen molar-refractivity contribution in [1.82, 2.24) is 9.97 Å². The fraction of sp³-hybridized carbons (Fsp3) is 0.100. The third-order valence-electron chi connectivity index (χ3n) is 2.00. The first-order valence-electron chi connectivity index (χ1n) is 4.28. The average Bonchev–Trinajstić information content (AvgIpc) is 2.67. The Kier molecular flexibility index (Phi) is 3.34. The summed E-state index contributed by atoms with van der Waals surface area (Å²) in [6.07, 6.45) is 4.21. The van der Waals surface area contributed by atoms with Gasteiger partial charge in [-0.3, -0.25) is 0 Å². The maximum atomic E-state index is 5.94. The van der Waals surface area contributed by atoms with Gasteiger partial charge < -0.3 is 4.98 Å². The normalized spacial score (nSPS) is 10.6. The zero-order valence-corrected chi connectivity index (χ0v) is 10.7. The van der Waals surface area contributed by atoms with Crippen molar-refractivity contribution in [2.75, 3.05) is 0 Å². The monoisotopic (exact) mass is 304 g/mol. The third-order valence-corrected chi connectivity index (χ3v) is 3.46. The molecule has 0 radical (unpaired) electrons. The number of imidazole rings is 1. The molecule has 2 aromatic rings. The van der Waals surface area contributed by atoms with E-state index in [1.807, 2.05) is 6.07 Å². The molecule has 0 saturated heterocycles. The summed E-state index contributed by atoms with van der Waals surface area (Å²) in [6.45, 7) is 0. The summed E-state index contributed by atoms with van der Waals surface area (Å²) in [6, 6.07) is 3.64. The highest BCUT2D eigenvalue weighted by Crippen LogP contribution is 2.30. The van der Waals surface area contributed by atoms with Crippen molar-refractivity contribution in [1.29, 1.82) is 0 Å². The zero-order valence-electron chi connectivity index (χ0n) is 7.60. The molecule has 78 valence electrons. The molecule has 15 heavy (non-hydrogen) atoms. The molecule has 1 aromatic heterocycles. The number of nitrogens with zero attached hydrogens (tertiary/aromatic N) is 1. The second kappa shape index (κ2) is 4.56. The molecule has 2 rings (SSSR count). The Morgan fingerprint density at radius 1 is 1.27 bits per heavy atom. The first-order chi connectivity index (χ1) is 7.16. The number of halogens is 3. The van der Waals surface area contributed by atoms with Gasteiger partial charge in [0, 0.05) is 23.3 Å². The third kappa shape index (κ3) is 2.54. The van der Waals surface area contributed by atoms with E-state index in [2.05, 4.69) is 25.9 Å². The molecular weight excluding hydrogens is 299 g/mol. The lowest BCUT2D eigenvalue weighted by molar-refractivity contribution is 1.02. The molecule has 0 saturated carbocycles. The molecule has 2 nitrogen and oxygen atoms in total. The number of aromatic amines is 1. The first-order valence-corrected chi connectivity index (χ1v) is 5.83. The Hall–Kier alpha value is -0.510. The van der Waals surface area contributed by atoms with Gasteiger partial charge in [-0.15, -0.1) is 0 Å². The van der Waals surface area contributed by atoms with Gasteiger partial charge in [-0.05, 0) is 17.7 Å². The second-order valence-electron chi connectivity index (χ2n) is 3.07. The molecule has 0 amide bonds. The van der Waals surface area contributed by atoms with Gasteiger partial charge in [0.25, 0.3) is 0 Å². The van der Waals surface area contributed by atoms with Crippen molar-refractivity contribution >= 4 is 39.1 Å². The molecule has 1 aromatic carbocycles. The summed E-state index contributed by atoms with van der Waals surface area (Å²) in [7, 11) is 0. The highest BCUT2D eigenvalue weighted by Gasteiger charge is 2.07. The van der Waals surface area contributed by atoms with Crippen LogP contribution in [0.2, 0.25) is 10.0 Å². The molecule has 5 heteroatoms. The molecule has 1 N–H and O–H groups in total. The Bertz CT molecular complexity index is 469. The van der Waals surface area contributed by atoms with E-state index < -0.39 is 0 Å². The van der Waals surface area contributed by atoms with Crippen LogP contribution in [0.4, 0.5) is 0 Å². The molecule has 0 fully saturated rings. The minimum atomic E-state index is 0.548. The summed E-state index contributed by atoms with van der Waals surface area (Å²) < 4.78 is 0.938. The van der Waals surface area contributed by atoms with Crippen molar-refractivity contribution in [2.45, 2.75) is 6.42 Å². The topological polar surface area (TPSA) is 28.7 Å². The fourth-order valence-corrected chi connectivity index (χ4v) is 2.24. The number of hydrogen-bond donors (Lipinski definition) is 1. The standard InChI is InChI=1S/C10H7BrCl2N2/c11-7-5-9(13)8(12)3-6(7)4-10-14-1-2-15-10/h1-3,5H,4H2,(H,14,15). The van der Waals surface area contributed by atoms with Crippen LogP contribution in [0.15, 0.2) is 29.0 Å². The summed E-state index contributed by atoms with van der Waals surface area (Å²) in [4.78, 5) is 7.19. The molecule has 0 spiro atoms. The van der Waals surface area contributed by atoms with Gasteiger partial charge in [-0.2, -0.15) is 0 Å². The predicted octanol–water partition coefficient (Wildman–Crippen LogP) is 4.07. The van der Waals surface area contributed by atoms with Crippen LogP contribution in [0.5, 0.6) is 0 Å². The van der Waals surface area contributed by atoms with E-state index in [1.54, 1.807) is 18.5 Å². The van der Waals surface area contributed by atoms with E-state index in [-0.39, 0.29) is 0 Å². The van der Waals surface area contributed by atoms with E-state index in [9.17, 15) is 0 Å². The van der Waals surface area contributed by atoms with Gasteiger partial charge in [0.05, 0.1) is 10.0 Å². The van der Waals surface area contributed by atoms with Crippen LogP contribution in [-0.4, -0.2) is 9.97 Å². The molecule has 1 heterocycles. The van der Waals surface area contributed by atoms with Gasteiger partial charge in [-0.1, -0.05) is 39.1 Å². The van der Waals surface area contributed by atoms with Crippen molar-refractivity contribution < 1.29 is 0 Å². The molecule has 0 aliphatic heterocycles. The van der Waals surface area contributed by atoms with Crippen molar-refractivity contribution in [3.8, 4) is 0 Å². The minimum Gasteiger partial charge on any atom is -0.348 e. The Morgan fingerprint density at radius 2 is 2.00 bits per heavy atom. The van der Waals surface area contributed by atoms with Crippen LogP contribution >= 0.6 is 39.1 Å². The van der Waals surface area contributed by atoms with Gasteiger partial charge in [-0.25, -0.2) is 4.98 Å². The predicted molar refractivity (Wildman–Crippen MR) is 65.6 cm³/mol. The van der Waals surface area contributed by atoms with E-state index >= 15 is 0 Å². The van der Waals surface area contributed by atoms with Gasteiger partial charge >= 0.3 is 0 Å². The number of aromatic nitrogens is 2. The highest BCUT2D eigenvalue weighted by molar-refractivity contribution is 9.10. The van der Waals surface area contributed by atoms with Crippen LogP contribution in [0.3, 0.4) is 0 Å². The van der Waals surface area contributed by atoms with Gasteiger partial charge in [0.15, 0.2) is 0 Å². The van der Waals surface area contributed by atoms with E-state index in [0.717, 1.165) is 15.9 Å². The van der Waals surface area contributed by atoms with Gasteiger partial charge in [0.2, 0.25) is 0 Å². The smallest absolute Gasteiger partial charge is 0.110 e. The lowest BCUT2D eigenvalue weighted by atomic mass is 10.1. The quantitative estimate of drug-likeness (QED) is 0.833. The van der Waals surface area contributed by atoms with Crippen LogP contribution in [0.25, 0.3) is 0 Å². The summed E-state index contributed by atoms with van der Waals surface area (Å²) in [5.41, 5.74) is 1.05. The van der Waals surface area contributed by atoms with E-state index in [0.29, 0.717) is 16.5 Å². The SMILES string of the molecule is Clc1cc(Br)c(Cc2ncc[nH]2)cc1Cl. The molecule has 0 aliphatic rings. The van der Waals surface area contributed by atoms with Gasteiger partial charge in [0.1, 0.15) is 5.82 Å². The molecule has 0 unspecified atom stereocenters. The Morgan fingerprint density at radius 3 is 2.67 bits per heavy atom. The summed E-state index contributed by atoms with van der Waals surface area (Å²) in [5, 5.41) is 1.10. The second-order valence-corrected chi connectivity index (χ2v) is 4.74. The largest absolute Gasteiger partial charge is 0.348 e. The minimum absolute atomic E-state index is 0.548. The maximum absolute atomic E-state index is 5.94. The summed E-state index contributed by atoms with van der Waals surface area (Å²) >= 11 is 15.3. The number of hydrogen-bond acceptors (Lipinski definition) is 1. The van der Waals surface area contributed by atoms with Crippen LogP contribution in [-0.2, 0) is 6.42 Å². The molecular formula is C10H7BrCl2N2. The number of benzene rings is 1. The number of nitrogens with one attached hydrogen (secondary N) is 1. The van der Waals surface area contributed by atoms with Crippen LogP contribution in [0, 0.1) is 0 Å². The van der Waals surface area contributed by atoms with E-state index in [1.165, 1.54) is 0 Å².